The van der Waals surface area contributed by atoms with Crippen molar-refractivity contribution in [2.24, 2.45) is 5.92 Å². The minimum absolute atomic E-state index is 0.0908. The van der Waals surface area contributed by atoms with Gasteiger partial charge in [-0.25, -0.2) is 4.98 Å². The number of aromatic nitrogens is 1. The largest absolute Gasteiger partial charge is 0.460 e. The number of pyridine rings is 1. The van der Waals surface area contributed by atoms with Gasteiger partial charge in [0.15, 0.2) is 0 Å². The third kappa shape index (κ3) is 7.72. The van der Waals surface area contributed by atoms with E-state index >= 15 is 0 Å². The lowest BCUT2D eigenvalue weighted by Gasteiger charge is -2.34. The number of piperidine rings is 1. The molecule has 0 unspecified atom stereocenters. The van der Waals surface area contributed by atoms with Gasteiger partial charge in [-0.2, -0.15) is 13.2 Å². The van der Waals surface area contributed by atoms with Crippen LogP contribution in [-0.2, 0) is 16.1 Å². The van der Waals surface area contributed by atoms with E-state index in [1.807, 2.05) is 32.9 Å². The minimum Gasteiger partial charge on any atom is -0.460 e. The van der Waals surface area contributed by atoms with Gasteiger partial charge in [0.2, 0.25) is 0 Å². The van der Waals surface area contributed by atoms with Crippen molar-refractivity contribution >= 4 is 39.3 Å². The van der Waals surface area contributed by atoms with Gasteiger partial charge in [-0.3, -0.25) is 14.5 Å². The summed E-state index contributed by atoms with van der Waals surface area (Å²) in [5.41, 5.74) is 1.53. The lowest BCUT2D eigenvalue weighted by molar-refractivity contribution is -0.177. The summed E-state index contributed by atoms with van der Waals surface area (Å²) >= 11 is 3.38. The Kier molecular flexibility index (Phi) is 8.90. The number of rotatable bonds is 6. The maximum atomic E-state index is 13.4. The van der Waals surface area contributed by atoms with Gasteiger partial charge in [0.1, 0.15) is 17.5 Å². The predicted molar refractivity (Wildman–Crippen MR) is 147 cm³/mol. The second-order valence-corrected chi connectivity index (χ2v) is 12.0. The molecule has 1 amide bonds. The second-order valence-electron chi connectivity index (χ2n) is 11.1. The SMILES string of the molecule is CC(C)(C)OC(=O)C1CCN(c2ccc(C(=O)Nc3cc(CN4CCC[C@H]4C(F)(F)F)c(Br)cn3)cc2)CC1. The highest BCUT2D eigenvalue weighted by atomic mass is 79.9. The summed E-state index contributed by atoms with van der Waals surface area (Å²) in [5.74, 6) is -0.354. The summed E-state index contributed by atoms with van der Waals surface area (Å²) in [4.78, 5) is 33.0. The fourth-order valence-corrected chi connectivity index (χ4v) is 5.39. The third-order valence-corrected chi connectivity index (χ3v) is 7.73. The molecule has 212 valence electrons. The Morgan fingerprint density at radius 3 is 2.36 bits per heavy atom. The molecule has 0 aliphatic carbocycles. The molecule has 1 aromatic heterocycles. The number of esters is 1. The number of carbonyl (C=O) groups excluding carboxylic acids is 2. The molecule has 1 atom stereocenters. The first-order valence-electron chi connectivity index (χ1n) is 13.1. The van der Waals surface area contributed by atoms with E-state index in [9.17, 15) is 22.8 Å². The van der Waals surface area contributed by atoms with E-state index in [0.717, 1.165) is 5.69 Å². The molecule has 2 saturated heterocycles. The van der Waals surface area contributed by atoms with Crippen LogP contribution < -0.4 is 10.2 Å². The molecule has 1 aromatic carbocycles. The van der Waals surface area contributed by atoms with Gasteiger partial charge in [-0.15, -0.1) is 0 Å². The number of halogens is 4. The summed E-state index contributed by atoms with van der Waals surface area (Å²) in [7, 11) is 0. The molecule has 4 rings (SSSR count). The third-order valence-electron chi connectivity index (χ3n) is 7.02. The molecule has 3 heterocycles. The number of hydrogen-bond acceptors (Lipinski definition) is 6. The molecule has 2 aromatic rings. The van der Waals surface area contributed by atoms with Crippen LogP contribution >= 0.6 is 15.9 Å². The number of nitrogens with one attached hydrogen (secondary N) is 1. The quantitative estimate of drug-likeness (QED) is 0.394. The first kappa shape index (κ1) is 29.3. The summed E-state index contributed by atoms with van der Waals surface area (Å²) < 4.78 is 46.2. The van der Waals surface area contributed by atoms with Crippen LogP contribution in [0.1, 0.15) is 62.4 Å². The van der Waals surface area contributed by atoms with Crippen LogP contribution in [0.2, 0.25) is 0 Å². The van der Waals surface area contributed by atoms with Crippen LogP contribution in [-0.4, -0.2) is 59.2 Å². The van der Waals surface area contributed by atoms with E-state index in [0.29, 0.717) is 54.5 Å². The molecular formula is C28H34BrF3N4O3. The van der Waals surface area contributed by atoms with Crippen LogP contribution in [0.3, 0.4) is 0 Å². The summed E-state index contributed by atoms with van der Waals surface area (Å²) in [6, 6.07) is 7.33. The number of alkyl halides is 3. The average molecular weight is 612 g/mol. The molecule has 1 N–H and O–H groups in total. The summed E-state index contributed by atoms with van der Waals surface area (Å²) in [5, 5.41) is 2.75. The number of likely N-dealkylation sites (tertiary alicyclic amines) is 1. The summed E-state index contributed by atoms with van der Waals surface area (Å²) in [6.07, 6.45) is -0.783. The fraction of sp³-hybridized carbons (Fsp3) is 0.536. The standard InChI is InChI=1S/C28H34BrF3N4O3/c1-27(2,3)39-26(38)19-10-13-35(14-11-19)21-8-6-18(7-9-21)25(37)34-24-15-20(22(29)16-33-24)17-36-12-4-5-23(36)28(30,31)32/h6-9,15-16,19,23H,4-5,10-14,17H2,1-3H3,(H,33,34,37)/t23-/m0/s1. The molecule has 7 nitrogen and oxygen atoms in total. The van der Waals surface area contributed by atoms with Gasteiger partial charge < -0.3 is 15.0 Å². The van der Waals surface area contributed by atoms with Crippen molar-refractivity contribution in [1.29, 1.82) is 0 Å². The van der Waals surface area contributed by atoms with Crippen molar-refractivity contribution in [1.82, 2.24) is 9.88 Å². The summed E-state index contributed by atoms with van der Waals surface area (Å²) in [6.45, 7) is 7.50. The van der Waals surface area contributed by atoms with Crippen LogP contribution in [0, 0.1) is 5.92 Å². The second kappa shape index (κ2) is 11.8. The molecular weight excluding hydrogens is 577 g/mol. The topological polar surface area (TPSA) is 74.8 Å². The van der Waals surface area contributed by atoms with Crippen LogP contribution in [0.5, 0.6) is 0 Å². The zero-order chi connectivity index (χ0) is 28.4. The first-order chi connectivity index (χ1) is 18.3. The van der Waals surface area contributed by atoms with Crippen LogP contribution in [0.25, 0.3) is 0 Å². The monoisotopic (exact) mass is 610 g/mol. The van der Waals surface area contributed by atoms with Crippen molar-refractivity contribution in [3.63, 3.8) is 0 Å². The van der Waals surface area contributed by atoms with E-state index in [4.69, 9.17) is 4.74 Å². The molecule has 0 bridgehead atoms. The highest BCUT2D eigenvalue weighted by Gasteiger charge is 2.45. The van der Waals surface area contributed by atoms with Crippen LogP contribution in [0.4, 0.5) is 24.7 Å². The Morgan fingerprint density at radius 2 is 1.74 bits per heavy atom. The maximum absolute atomic E-state index is 13.4. The molecule has 39 heavy (non-hydrogen) atoms. The Bertz CT molecular complexity index is 1180. The molecule has 0 spiro atoms. The van der Waals surface area contributed by atoms with Crippen LogP contribution in [0.15, 0.2) is 41.0 Å². The molecule has 11 heteroatoms. The molecule has 0 saturated carbocycles. The van der Waals surface area contributed by atoms with E-state index in [2.05, 4.69) is 31.1 Å². The number of carbonyl (C=O) groups is 2. The molecule has 0 radical (unpaired) electrons. The number of benzene rings is 1. The first-order valence-corrected chi connectivity index (χ1v) is 13.9. The molecule has 2 fully saturated rings. The van der Waals surface area contributed by atoms with Gasteiger partial charge in [-0.1, -0.05) is 0 Å². The Balaban J connectivity index is 1.34. The number of ether oxygens (including phenoxy) is 1. The van der Waals surface area contributed by atoms with Gasteiger partial charge in [0.05, 0.1) is 5.92 Å². The van der Waals surface area contributed by atoms with E-state index in [1.165, 1.54) is 11.1 Å². The van der Waals surface area contributed by atoms with E-state index in [1.54, 1.807) is 18.2 Å². The average Bonchev–Trinajstić information content (AvgIpc) is 3.34. The van der Waals surface area contributed by atoms with E-state index in [-0.39, 0.29) is 36.6 Å². The smallest absolute Gasteiger partial charge is 0.404 e. The zero-order valence-electron chi connectivity index (χ0n) is 22.4. The number of anilines is 2. The van der Waals surface area contributed by atoms with Crippen molar-refractivity contribution in [3.8, 4) is 0 Å². The van der Waals surface area contributed by atoms with Gasteiger partial charge >= 0.3 is 12.1 Å². The Labute approximate surface area is 235 Å². The van der Waals surface area contributed by atoms with Crippen molar-refractivity contribution in [2.75, 3.05) is 29.9 Å². The van der Waals surface area contributed by atoms with Gasteiger partial charge in [0.25, 0.3) is 5.91 Å². The number of nitrogens with zero attached hydrogens (tertiary/aromatic N) is 3. The highest BCUT2D eigenvalue weighted by molar-refractivity contribution is 9.10. The lowest BCUT2D eigenvalue weighted by Crippen LogP contribution is -2.40. The fourth-order valence-electron chi connectivity index (χ4n) is 5.05. The number of amides is 1. The molecule has 2 aliphatic rings. The lowest BCUT2D eigenvalue weighted by atomic mass is 9.96. The minimum atomic E-state index is -4.27. The van der Waals surface area contributed by atoms with Crippen molar-refractivity contribution < 1.29 is 27.5 Å². The molecule has 2 aliphatic heterocycles. The Hall–Kier alpha value is -2.66. The highest BCUT2D eigenvalue weighted by Crippen LogP contribution is 2.34. The Morgan fingerprint density at radius 1 is 1.08 bits per heavy atom. The van der Waals surface area contributed by atoms with Crippen molar-refractivity contribution in [3.05, 3.63) is 52.1 Å². The van der Waals surface area contributed by atoms with Gasteiger partial charge in [0, 0.05) is 41.6 Å². The predicted octanol–water partition coefficient (Wildman–Crippen LogP) is 6.18. The van der Waals surface area contributed by atoms with Gasteiger partial charge in [-0.05, 0) is 105 Å². The number of hydrogen-bond donors (Lipinski definition) is 1. The van der Waals surface area contributed by atoms with E-state index < -0.39 is 17.8 Å². The van der Waals surface area contributed by atoms with Crippen molar-refractivity contribution in [2.45, 2.75) is 70.8 Å². The maximum Gasteiger partial charge on any atom is 0.404 e. The normalized spacial score (nSPS) is 19.3. The zero-order valence-corrected chi connectivity index (χ0v) is 23.9.